The van der Waals surface area contributed by atoms with Crippen LogP contribution in [0.25, 0.3) is 10.9 Å². The van der Waals surface area contributed by atoms with Gasteiger partial charge in [-0.3, -0.25) is 10.2 Å². The summed E-state index contributed by atoms with van der Waals surface area (Å²) in [4.78, 5) is 28.5. The molecule has 29 heavy (non-hydrogen) atoms. The third-order valence-electron chi connectivity index (χ3n) is 3.81. The van der Waals surface area contributed by atoms with Gasteiger partial charge in [-0.05, 0) is 43.3 Å². The van der Waals surface area contributed by atoms with Gasteiger partial charge in [0, 0.05) is 0 Å². The summed E-state index contributed by atoms with van der Waals surface area (Å²) in [5, 5.41) is -0.357. The fourth-order valence-electron chi connectivity index (χ4n) is 2.53. The molecule has 0 aliphatic rings. The number of aromatic nitrogens is 2. The number of carbonyl (C=O) groups is 1. The molecule has 0 saturated heterocycles. The molecule has 3 N–H and O–H groups in total. The van der Waals surface area contributed by atoms with Gasteiger partial charge in [0.2, 0.25) is 0 Å². The highest BCUT2D eigenvalue weighted by atomic mass is 19.4. The van der Waals surface area contributed by atoms with E-state index in [1.54, 1.807) is 6.92 Å². The van der Waals surface area contributed by atoms with E-state index in [1.165, 1.54) is 24.3 Å². The van der Waals surface area contributed by atoms with E-state index < -0.39 is 35.3 Å². The Labute approximate surface area is 160 Å². The highest BCUT2D eigenvalue weighted by Gasteiger charge is 2.41. The standard InChI is InChI=1S/C18H14F4N4O3/c1-9(23)15-24-12-3-2-4-13(29-17(28)18(20,21)22)14(12)16(27)26(15)25-11-7-5-10(19)6-8-11/h2-9,25H,23H2,1H3/t9-/m0/s1. The highest BCUT2D eigenvalue weighted by molar-refractivity contribution is 5.88. The molecule has 152 valence electrons. The Balaban J connectivity index is 2.19. The van der Waals surface area contributed by atoms with Gasteiger partial charge in [-0.25, -0.2) is 18.8 Å². The van der Waals surface area contributed by atoms with Crippen molar-refractivity contribution in [3.8, 4) is 5.75 Å². The third kappa shape index (κ3) is 4.19. The molecule has 3 rings (SSSR count). The average Bonchev–Trinajstić information content (AvgIpc) is 2.64. The van der Waals surface area contributed by atoms with Gasteiger partial charge in [-0.1, -0.05) is 6.07 Å². The van der Waals surface area contributed by atoms with Crippen molar-refractivity contribution >= 4 is 22.6 Å². The minimum atomic E-state index is -5.24. The average molecular weight is 410 g/mol. The van der Waals surface area contributed by atoms with E-state index in [0.717, 1.165) is 22.9 Å². The van der Waals surface area contributed by atoms with E-state index in [0.29, 0.717) is 5.69 Å². The molecule has 0 aliphatic heterocycles. The number of nitrogens with one attached hydrogen (secondary N) is 1. The molecule has 3 aromatic rings. The van der Waals surface area contributed by atoms with Crippen LogP contribution in [0.3, 0.4) is 0 Å². The van der Waals surface area contributed by atoms with Crippen molar-refractivity contribution in [3.05, 3.63) is 64.5 Å². The maximum atomic E-state index is 13.1. The zero-order chi connectivity index (χ0) is 21.3. The Hall–Kier alpha value is -3.47. The first kappa shape index (κ1) is 20.3. The molecule has 2 aromatic carbocycles. The minimum absolute atomic E-state index is 0.00747. The Bertz CT molecular complexity index is 1120. The normalized spacial score (nSPS) is 12.6. The number of esters is 1. The maximum Gasteiger partial charge on any atom is 0.491 e. The molecule has 1 atom stereocenters. The van der Waals surface area contributed by atoms with Crippen LogP contribution in [0.2, 0.25) is 0 Å². The van der Waals surface area contributed by atoms with Crippen LogP contribution in [-0.2, 0) is 4.79 Å². The quantitative estimate of drug-likeness (QED) is 0.390. The molecule has 11 heteroatoms. The summed E-state index contributed by atoms with van der Waals surface area (Å²) in [5.74, 6) is -3.52. The molecule has 0 amide bonds. The van der Waals surface area contributed by atoms with E-state index in [2.05, 4.69) is 15.1 Å². The number of halogens is 4. The van der Waals surface area contributed by atoms with Crippen LogP contribution in [0, 0.1) is 5.82 Å². The smallest absolute Gasteiger partial charge is 0.419 e. The van der Waals surface area contributed by atoms with Crippen molar-refractivity contribution in [2.75, 3.05) is 5.43 Å². The van der Waals surface area contributed by atoms with Gasteiger partial charge in [-0.2, -0.15) is 13.2 Å². The van der Waals surface area contributed by atoms with Crippen LogP contribution in [-0.4, -0.2) is 21.8 Å². The maximum absolute atomic E-state index is 13.1. The summed E-state index contributed by atoms with van der Waals surface area (Å²) < 4.78 is 56.1. The predicted octanol–water partition coefficient (Wildman–Crippen LogP) is 2.90. The highest BCUT2D eigenvalue weighted by Crippen LogP contribution is 2.26. The molecule has 0 saturated carbocycles. The molecule has 7 nitrogen and oxygen atoms in total. The largest absolute Gasteiger partial charge is 0.491 e. The number of anilines is 1. The zero-order valence-corrected chi connectivity index (χ0v) is 14.8. The van der Waals surface area contributed by atoms with E-state index in [4.69, 9.17) is 5.73 Å². The van der Waals surface area contributed by atoms with E-state index in [1.807, 2.05) is 0 Å². The molecule has 0 aliphatic carbocycles. The van der Waals surface area contributed by atoms with Gasteiger partial charge in [0.25, 0.3) is 5.56 Å². The molecule has 1 heterocycles. The van der Waals surface area contributed by atoms with Crippen molar-refractivity contribution in [1.29, 1.82) is 0 Å². The Morgan fingerprint density at radius 1 is 1.21 bits per heavy atom. The summed E-state index contributed by atoms with van der Waals surface area (Å²) in [6.07, 6.45) is -5.24. The monoisotopic (exact) mass is 410 g/mol. The van der Waals surface area contributed by atoms with Crippen LogP contribution < -0.4 is 21.5 Å². The van der Waals surface area contributed by atoms with Crippen molar-refractivity contribution in [3.63, 3.8) is 0 Å². The number of nitrogens with zero attached hydrogens (tertiary/aromatic N) is 2. The van der Waals surface area contributed by atoms with Gasteiger partial charge >= 0.3 is 12.1 Å². The minimum Gasteiger partial charge on any atom is -0.419 e. The molecule has 0 bridgehead atoms. The molecular weight excluding hydrogens is 396 g/mol. The molecule has 1 aromatic heterocycles. The van der Waals surface area contributed by atoms with Gasteiger partial charge in [0.1, 0.15) is 22.8 Å². The van der Waals surface area contributed by atoms with Crippen molar-refractivity contribution < 1.29 is 27.1 Å². The lowest BCUT2D eigenvalue weighted by Gasteiger charge is -2.18. The van der Waals surface area contributed by atoms with Gasteiger partial charge in [-0.15, -0.1) is 0 Å². The van der Waals surface area contributed by atoms with Crippen LogP contribution in [0.15, 0.2) is 47.3 Å². The first-order chi connectivity index (χ1) is 13.6. The first-order valence-corrected chi connectivity index (χ1v) is 8.21. The number of rotatable bonds is 4. The molecule has 0 radical (unpaired) electrons. The first-order valence-electron chi connectivity index (χ1n) is 8.21. The van der Waals surface area contributed by atoms with E-state index >= 15 is 0 Å². The zero-order valence-electron chi connectivity index (χ0n) is 14.8. The number of ether oxygens (including phenoxy) is 1. The number of hydrogen-bond acceptors (Lipinski definition) is 6. The molecule has 0 unspecified atom stereocenters. The second-order valence-corrected chi connectivity index (χ2v) is 6.06. The molecule has 0 spiro atoms. The molecular formula is C18H14F4N4O3. The SMILES string of the molecule is C[C@H](N)c1nc2cccc(OC(=O)C(F)(F)F)c2c(=O)n1Nc1ccc(F)cc1. The second kappa shape index (κ2) is 7.51. The van der Waals surface area contributed by atoms with Crippen LogP contribution >= 0.6 is 0 Å². The van der Waals surface area contributed by atoms with Gasteiger partial charge in [0.05, 0.1) is 17.2 Å². The topological polar surface area (TPSA) is 99.2 Å². The van der Waals surface area contributed by atoms with Crippen LogP contribution in [0.4, 0.5) is 23.2 Å². The Morgan fingerprint density at radius 2 is 1.86 bits per heavy atom. The number of fused-ring (bicyclic) bond motifs is 1. The summed E-state index contributed by atoms with van der Waals surface area (Å²) >= 11 is 0. The number of benzene rings is 2. The summed E-state index contributed by atoms with van der Waals surface area (Å²) in [6, 6.07) is 7.92. The summed E-state index contributed by atoms with van der Waals surface area (Å²) in [6.45, 7) is 1.55. The van der Waals surface area contributed by atoms with Crippen molar-refractivity contribution in [2.45, 2.75) is 19.1 Å². The lowest BCUT2D eigenvalue weighted by Crippen LogP contribution is -2.34. The summed E-state index contributed by atoms with van der Waals surface area (Å²) in [5.41, 5.74) is 7.99. The third-order valence-corrected chi connectivity index (χ3v) is 3.81. The fraction of sp³-hybridized carbons (Fsp3) is 0.167. The van der Waals surface area contributed by atoms with Gasteiger partial charge < -0.3 is 10.5 Å². The second-order valence-electron chi connectivity index (χ2n) is 6.06. The van der Waals surface area contributed by atoms with Crippen LogP contribution in [0.1, 0.15) is 18.8 Å². The summed E-state index contributed by atoms with van der Waals surface area (Å²) in [7, 11) is 0. The Morgan fingerprint density at radius 3 is 2.45 bits per heavy atom. The van der Waals surface area contributed by atoms with Crippen molar-refractivity contribution in [2.24, 2.45) is 5.73 Å². The van der Waals surface area contributed by atoms with E-state index in [9.17, 15) is 27.2 Å². The Kier molecular flexibility index (Phi) is 5.25. The number of carbonyl (C=O) groups excluding carboxylic acids is 1. The number of alkyl halides is 3. The number of hydrogen-bond donors (Lipinski definition) is 2. The lowest BCUT2D eigenvalue weighted by atomic mass is 10.2. The number of nitrogens with two attached hydrogens (primary N) is 1. The van der Waals surface area contributed by atoms with Crippen LogP contribution in [0.5, 0.6) is 5.75 Å². The van der Waals surface area contributed by atoms with Gasteiger partial charge in [0.15, 0.2) is 0 Å². The van der Waals surface area contributed by atoms with E-state index in [-0.39, 0.29) is 16.7 Å². The molecule has 0 fully saturated rings. The lowest BCUT2D eigenvalue weighted by molar-refractivity contribution is -0.189. The predicted molar refractivity (Wildman–Crippen MR) is 95.7 cm³/mol. The fourth-order valence-corrected chi connectivity index (χ4v) is 2.53. The van der Waals surface area contributed by atoms with Crippen molar-refractivity contribution in [1.82, 2.24) is 9.66 Å².